The van der Waals surface area contributed by atoms with Gasteiger partial charge in [-0.2, -0.15) is 0 Å². The smallest absolute Gasteiger partial charge is 0.252 e. The van der Waals surface area contributed by atoms with Gasteiger partial charge >= 0.3 is 0 Å². The molecule has 0 radical (unpaired) electrons. The van der Waals surface area contributed by atoms with E-state index in [4.69, 9.17) is 11.6 Å². The van der Waals surface area contributed by atoms with Crippen LogP contribution in [0.15, 0.2) is 83.6 Å². The monoisotopic (exact) mass is 734 g/mol. The number of hydrogen-bond acceptors (Lipinski definition) is 3. The minimum Gasteiger partial charge on any atom is -0.335 e. The van der Waals surface area contributed by atoms with Crippen molar-refractivity contribution in [2.45, 2.75) is 118 Å². The summed E-state index contributed by atoms with van der Waals surface area (Å²) in [5, 5.41) is 3.54. The highest BCUT2D eigenvalue weighted by Gasteiger charge is 2.61. The van der Waals surface area contributed by atoms with Crippen molar-refractivity contribution in [2.24, 2.45) is 11.3 Å². The number of fused-ring (bicyclic) bond motifs is 11. The number of anilines is 4. The van der Waals surface area contributed by atoms with Crippen LogP contribution in [0.25, 0.3) is 20.2 Å². The van der Waals surface area contributed by atoms with Crippen LogP contribution >= 0.6 is 22.9 Å². The van der Waals surface area contributed by atoms with Crippen LogP contribution in [0.2, 0.25) is 5.02 Å². The van der Waals surface area contributed by atoms with Gasteiger partial charge in [-0.25, -0.2) is 0 Å². The zero-order valence-corrected chi connectivity index (χ0v) is 34.8. The van der Waals surface area contributed by atoms with Crippen LogP contribution in [0.4, 0.5) is 22.7 Å². The topological polar surface area (TPSA) is 6.48 Å². The van der Waals surface area contributed by atoms with E-state index in [0.717, 1.165) is 11.4 Å². The van der Waals surface area contributed by atoms with Crippen LogP contribution in [-0.4, -0.2) is 12.3 Å². The third kappa shape index (κ3) is 4.40. The molecule has 5 aliphatic rings. The van der Waals surface area contributed by atoms with Crippen molar-refractivity contribution in [3.05, 3.63) is 99.7 Å². The molecule has 10 rings (SSSR count). The third-order valence-electron chi connectivity index (χ3n) is 14.5. The van der Waals surface area contributed by atoms with Crippen LogP contribution in [0, 0.1) is 11.3 Å². The molecule has 2 nitrogen and oxygen atoms in total. The number of rotatable bonds is 1. The van der Waals surface area contributed by atoms with Crippen molar-refractivity contribution in [1.29, 1.82) is 0 Å². The molecule has 1 aromatic heterocycles. The Morgan fingerprint density at radius 1 is 0.830 bits per heavy atom. The van der Waals surface area contributed by atoms with E-state index >= 15 is 0 Å². The molecule has 2 aliphatic carbocycles. The fraction of sp³-hybridized carbons (Fsp3) is 0.417. The molecule has 0 bridgehead atoms. The number of hydrogen-bond donors (Lipinski definition) is 0. The molecule has 3 aliphatic heterocycles. The average Bonchev–Trinajstić information content (AvgIpc) is 3.57. The molecule has 5 heteroatoms. The standard InChI is InChI=1S/C48H52BClN2S/c1-27-21-29(45(3,4)5)22-28(2)42(27)51-36-25-31(50)26-37-41(36)49(34-17-18-39-40(44(34)51)32-15-11-12-16-38(32)53-39)35-24-30(46(6,7)8)23-33-43(35)52(37)48(10)20-14-13-19-47(33,48)9/h11-12,15-18,21,23-26,29H,13-14,19-20,22H2,1-10H3. The second-order valence-corrected chi connectivity index (χ2v) is 21.1. The third-order valence-corrected chi connectivity index (χ3v) is 15.8. The minimum atomic E-state index is -0.0450. The molecule has 1 saturated carbocycles. The molecule has 1 fully saturated rings. The summed E-state index contributed by atoms with van der Waals surface area (Å²) >= 11 is 9.36. The van der Waals surface area contributed by atoms with E-state index in [1.807, 2.05) is 11.3 Å². The Morgan fingerprint density at radius 3 is 2.30 bits per heavy atom. The molecule has 0 N–H and O–H groups in total. The van der Waals surface area contributed by atoms with Crippen molar-refractivity contribution in [1.82, 2.24) is 0 Å². The maximum Gasteiger partial charge on any atom is 0.252 e. The van der Waals surface area contributed by atoms with Gasteiger partial charge in [0.25, 0.3) is 6.71 Å². The highest BCUT2D eigenvalue weighted by Crippen LogP contribution is 2.62. The first-order valence-corrected chi connectivity index (χ1v) is 21.2. The molecule has 4 aromatic carbocycles. The van der Waals surface area contributed by atoms with Gasteiger partial charge < -0.3 is 9.80 Å². The Bertz CT molecular complexity index is 2510. The summed E-state index contributed by atoms with van der Waals surface area (Å²) in [5.74, 6) is 0.490. The molecule has 270 valence electrons. The Kier molecular flexibility index (Phi) is 6.97. The summed E-state index contributed by atoms with van der Waals surface area (Å²) in [6, 6.07) is 23.8. The lowest BCUT2D eigenvalue weighted by Gasteiger charge is -2.53. The Labute approximate surface area is 326 Å². The largest absolute Gasteiger partial charge is 0.335 e. The van der Waals surface area contributed by atoms with Gasteiger partial charge in [0.05, 0.1) is 11.2 Å². The second kappa shape index (κ2) is 10.9. The molecule has 0 spiro atoms. The Balaban J connectivity index is 1.37. The van der Waals surface area contributed by atoms with E-state index in [0.29, 0.717) is 5.92 Å². The average molecular weight is 735 g/mol. The van der Waals surface area contributed by atoms with Gasteiger partial charge in [-0.15, -0.1) is 11.3 Å². The lowest BCUT2D eigenvalue weighted by molar-refractivity contribution is 0.195. The molecule has 0 amide bonds. The SMILES string of the molecule is CC1=CC(C(C)(C)C)CC(C)=C1N1c2cc(Cl)cc3c2B(c2cc(C(C)(C)C)cc4c2N3C2(C)CCCCC42C)c2ccc3sc4ccccc4c3c21. The highest BCUT2D eigenvalue weighted by atomic mass is 35.5. The number of benzene rings is 4. The van der Waals surface area contributed by atoms with Gasteiger partial charge in [0.2, 0.25) is 0 Å². The van der Waals surface area contributed by atoms with Gasteiger partial charge in [0.15, 0.2) is 0 Å². The van der Waals surface area contributed by atoms with E-state index < -0.39 is 0 Å². The number of halogens is 1. The lowest BCUT2D eigenvalue weighted by atomic mass is 9.33. The zero-order chi connectivity index (χ0) is 37.1. The predicted molar refractivity (Wildman–Crippen MR) is 233 cm³/mol. The van der Waals surface area contributed by atoms with Crippen molar-refractivity contribution in [2.75, 3.05) is 9.80 Å². The highest BCUT2D eigenvalue weighted by molar-refractivity contribution is 7.26. The first-order chi connectivity index (χ1) is 25.0. The van der Waals surface area contributed by atoms with Gasteiger partial charge in [-0.3, -0.25) is 0 Å². The normalized spacial score (nSPS) is 24.8. The summed E-state index contributed by atoms with van der Waals surface area (Å²) in [6.07, 6.45) is 8.55. The van der Waals surface area contributed by atoms with E-state index in [1.165, 1.54) is 107 Å². The molecular formula is C48H52BClN2S. The fourth-order valence-electron chi connectivity index (χ4n) is 11.4. The van der Waals surface area contributed by atoms with Crippen LogP contribution in [0.1, 0.15) is 112 Å². The molecule has 5 aromatic rings. The molecule has 0 saturated heterocycles. The molecular weight excluding hydrogens is 683 g/mol. The van der Waals surface area contributed by atoms with Gasteiger partial charge in [-0.05, 0) is 120 Å². The van der Waals surface area contributed by atoms with Crippen molar-refractivity contribution >= 4 is 89.0 Å². The first kappa shape index (κ1) is 34.1. The second-order valence-electron chi connectivity index (χ2n) is 19.6. The predicted octanol–water partition coefficient (Wildman–Crippen LogP) is 12.3. The number of thiophene rings is 1. The maximum absolute atomic E-state index is 7.44. The van der Waals surface area contributed by atoms with Crippen molar-refractivity contribution < 1.29 is 0 Å². The Hall–Kier alpha value is -3.47. The quantitative estimate of drug-likeness (QED) is 0.158. The van der Waals surface area contributed by atoms with E-state index in [2.05, 4.69) is 146 Å². The minimum absolute atomic E-state index is 0.0239. The van der Waals surface area contributed by atoms with Crippen LogP contribution in [0.3, 0.4) is 0 Å². The summed E-state index contributed by atoms with van der Waals surface area (Å²) in [5.41, 5.74) is 17.1. The van der Waals surface area contributed by atoms with E-state index in [-0.39, 0.29) is 28.5 Å². The van der Waals surface area contributed by atoms with Crippen LogP contribution < -0.4 is 26.2 Å². The van der Waals surface area contributed by atoms with Gasteiger partial charge in [0.1, 0.15) is 0 Å². The number of nitrogens with zero attached hydrogens (tertiary/aromatic N) is 2. The summed E-state index contributed by atoms with van der Waals surface area (Å²) in [4.78, 5) is 5.50. The van der Waals surface area contributed by atoms with Crippen LogP contribution in [0.5, 0.6) is 0 Å². The van der Waals surface area contributed by atoms with E-state index in [1.54, 1.807) is 5.56 Å². The summed E-state index contributed by atoms with van der Waals surface area (Å²) in [7, 11) is 0. The zero-order valence-electron chi connectivity index (χ0n) is 33.2. The molecule has 53 heavy (non-hydrogen) atoms. The van der Waals surface area contributed by atoms with Crippen molar-refractivity contribution in [3.63, 3.8) is 0 Å². The summed E-state index contributed by atoms with van der Waals surface area (Å²) < 4.78 is 2.69. The Morgan fingerprint density at radius 2 is 1.57 bits per heavy atom. The molecule has 4 heterocycles. The van der Waals surface area contributed by atoms with Gasteiger partial charge in [-0.1, -0.05) is 115 Å². The fourth-order valence-corrected chi connectivity index (χ4v) is 12.7. The lowest BCUT2D eigenvalue weighted by Crippen LogP contribution is -2.65. The molecule has 3 atom stereocenters. The van der Waals surface area contributed by atoms with E-state index in [9.17, 15) is 0 Å². The number of allylic oxidation sites excluding steroid dienone is 3. The maximum atomic E-state index is 7.44. The molecule has 3 unspecified atom stereocenters. The van der Waals surface area contributed by atoms with Gasteiger partial charge in [0, 0.05) is 53.4 Å². The van der Waals surface area contributed by atoms with Crippen LogP contribution in [-0.2, 0) is 10.8 Å². The summed E-state index contributed by atoms with van der Waals surface area (Å²) in [6.45, 7) is 24.4. The van der Waals surface area contributed by atoms with Crippen molar-refractivity contribution in [3.8, 4) is 0 Å². The first-order valence-electron chi connectivity index (χ1n) is 20.0.